The van der Waals surface area contributed by atoms with Crippen LogP contribution in [0.15, 0.2) is 30.3 Å². The molecule has 166 valence electrons. The minimum absolute atomic E-state index is 0.00560. The summed E-state index contributed by atoms with van der Waals surface area (Å²) < 4.78 is 14.5. The summed E-state index contributed by atoms with van der Waals surface area (Å²) in [5.74, 6) is -2.73. The third-order valence-corrected chi connectivity index (χ3v) is 4.43. The molecule has 0 saturated heterocycles. The van der Waals surface area contributed by atoms with Gasteiger partial charge >= 0.3 is 18.0 Å². The van der Waals surface area contributed by atoms with Crippen LogP contribution in [0.4, 0.5) is 4.79 Å². The number of hydrogen-bond donors (Lipinski definition) is 2. The molecule has 3 atom stereocenters. The van der Waals surface area contributed by atoms with E-state index in [-0.39, 0.29) is 18.9 Å². The number of methoxy groups -OCH3 is 2. The molecule has 0 aromatic heterocycles. The molecule has 0 bridgehead atoms. The minimum Gasteiger partial charge on any atom is -0.469 e. The molecule has 2 N–H and O–H groups in total. The van der Waals surface area contributed by atoms with Crippen molar-refractivity contribution in [3.8, 4) is 0 Å². The molecule has 0 aliphatic carbocycles. The van der Waals surface area contributed by atoms with Crippen LogP contribution in [0, 0.1) is 11.8 Å². The van der Waals surface area contributed by atoms with E-state index in [2.05, 4.69) is 15.4 Å². The third-order valence-electron chi connectivity index (χ3n) is 4.43. The summed E-state index contributed by atoms with van der Waals surface area (Å²) in [5, 5.41) is 5.07. The van der Waals surface area contributed by atoms with Crippen LogP contribution in [-0.2, 0) is 35.2 Å². The molecule has 0 spiro atoms. The van der Waals surface area contributed by atoms with E-state index in [0.717, 1.165) is 5.56 Å². The molecule has 2 amide bonds. The van der Waals surface area contributed by atoms with Gasteiger partial charge in [0, 0.05) is 0 Å². The second-order valence-electron chi connectivity index (χ2n) is 7.17. The third kappa shape index (κ3) is 8.10. The predicted octanol–water partition coefficient (Wildman–Crippen LogP) is 1.79. The van der Waals surface area contributed by atoms with Crippen LogP contribution in [0.25, 0.3) is 0 Å². The lowest BCUT2D eigenvalue weighted by molar-refractivity contribution is -0.149. The number of ether oxygens (including phenoxy) is 3. The van der Waals surface area contributed by atoms with Gasteiger partial charge in [-0.15, -0.1) is 0 Å². The molecule has 0 aliphatic heterocycles. The van der Waals surface area contributed by atoms with Gasteiger partial charge in [0.05, 0.1) is 20.1 Å². The Hall–Kier alpha value is -3.10. The maximum Gasteiger partial charge on any atom is 0.408 e. The molecule has 0 unspecified atom stereocenters. The van der Waals surface area contributed by atoms with Crippen molar-refractivity contribution in [1.29, 1.82) is 0 Å². The number of rotatable bonds is 10. The molecule has 9 heteroatoms. The summed E-state index contributed by atoms with van der Waals surface area (Å²) in [4.78, 5) is 48.6. The van der Waals surface area contributed by atoms with Crippen molar-refractivity contribution in [1.82, 2.24) is 10.6 Å². The normalized spacial score (nSPS) is 13.5. The van der Waals surface area contributed by atoms with E-state index in [4.69, 9.17) is 9.47 Å². The zero-order chi connectivity index (χ0) is 22.7. The molecule has 0 fully saturated rings. The van der Waals surface area contributed by atoms with Gasteiger partial charge in [0.25, 0.3) is 0 Å². The molecular weight excluding hydrogens is 392 g/mol. The summed E-state index contributed by atoms with van der Waals surface area (Å²) in [6.07, 6.45) is -0.765. The molecule has 0 saturated carbocycles. The number of alkyl carbamates (subject to hydrolysis) is 1. The summed E-state index contributed by atoms with van der Waals surface area (Å²) in [5.41, 5.74) is 0.806. The van der Waals surface area contributed by atoms with E-state index in [1.807, 2.05) is 30.3 Å². The van der Waals surface area contributed by atoms with Crippen molar-refractivity contribution in [3.63, 3.8) is 0 Å². The van der Waals surface area contributed by atoms with E-state index in [1.54, 1.807) is 20.8 Å². The second-order valence-corrected chi connectivity index (χ2v) is 7.17. The first kappa shape index (κ1) is 24.9. The highest BCUT2D eigenvalue weighted by molar-refractivity contribution is 5.90. The van der Waals surface area contributed by atoms with Crippen LogP contribution in [0.5, 0.6) is 0 Å². The first-order valence-electron chi connectivity index (χ1n) is 9.62. The van der Waals surface area contributed by atoms with Gasteiger partial charge in [0.1, 0.15) is 18.7 Å². The van der Waals surface area contributed by atoms with Crippen molar-refractivity contribution in [2.75, 3.05) is 14.2 Å². The Morgan fingerprint density at radius 3 is 2.03 bits per heavy atom. The molecule has 30 heavy (non-hydrogen) atoms. The number of carbonyl (C=O) groups excluding carboxylic acids is 4. The highest BCUT2D eigenvalue weighted by Crippen LogP contribution is 2.11. The number of nitrogens with one attached hydrogen (secondary N) is 2. The van der Waals surface area contributed by atoms with Crippen LogP contribution in [0.2, 0.25) is 0 Å². The lowest BCUT2D eigenvalue weighted by atomic mass is 9.99. The lowest BCUT2D eigenvalue weighted by Gasteiger charge is -2.25. The number of hydrogen-bond acceptors (Lipinski definition) is 7. The van der Waals surface area contributed by atoms with Crippen molar-refractivity contribution in [3.05, 3.63) is 35.9 Å². The quantitative estimate of drug-likeness (QED) is 0.436. The van der Waals surface area contributed by atoms with Crippen LogP contribution in [0.1, 0.15) is 32.8 Å². The fourth-order valence-electron chi connectivity index (χ4n) is 2.70. The Labute approximate surface area is 176 Å². The summed E-state index contributed by atoms with van der Waals surface area (Å²) in [7, 11) is 2.42. The zero-order valence-electron chi connectivity index (χ0n) is 18.0. The lowest BCUT2D eigenvalue weighted by Crippen LogP contribution is -2.54. The van der Waals surface area contributed by atoms with E-state index in [1.165, 1.54) is 14.2 Å². The van der Waals surface area contributed by atoms with Gasteiger partial charge in [-0.05, 0) is 17.9 Å². The monoisotopic (exact) mass is 422 g/mol. The molecular formula is C21H30N2O7. The van der Waals surface area contributed by atoms with Gasteiger partial charge in [0.15, 0.2) is 0 Å². The molecule has 1 aromatic carbocycles. The average molecular weight is 422 g/mol. The number of benzene rings is 1. The van der Waals surface area contributed by atoms with Crippen molar-refractivity contribution in [2.24, 2.45) is 11.8 Å². The Balaban J connectivity index is 2.75. The van der Waals surface area contributed by atoms with Crippen molar-refractivity contribution in [2.45, 2.75) is 45.9 Å². The molecule has 0 radical (unpaired) electrons. The Bertz CT molecular complexity index is 721. The van der Waals surface area contributed by atoms with Crippen LogP contribution < -0.4 is 10.6 Å². The molecule has 0 aliphatic rings. The van der Waals surface area contributed by atoms with Gasteiger partial charge in [-0.25, -0.2) is 9.59 Å². The van der Waals surface area contributed by atoms with Gasteiger partial charge < -0.3 is 24.8 Å². The maximum absolute atomic E-state index is 12.7. The number of amides is 2. The summed E-state index contributed by atoms with van der Waals surface area (Å²) in [6, 6.07) is 7.09. The molecule has 1 rings (SSSR count). The first-order valence-corrected chi connectivity index (χ1v) is 9.62. The van der Waals surface area contributed by atoms with E-state index >= 15 is 0 Å². The largest absolute Gasteiger partial charge is 0.469 e. The Kier molecular flexibility index (Phi) is 10.4. The average Bonchev–Trinajstić information content (AvgIpc) is 2.74. The Morgan fingerprint density at radius 1 is 0.900 bits per heavy atom. The number of carbonyl (C=O) groups is 4. The van der Waals surface area contributed by atoms with E-state index in [9.17, 15) is 19.2 Å². The number of esters is 2. The standard InChI is InChI=1S/C21H30N2O7/c1-13(2)17(23-21(27)30-12-15-9-7-6-8-10-15)18(24)22-16(20(26)29-5)11-14(3)19(25)28-4/h6-10,13-14,16-17H,11-12H2,1-5H3,(H,22,24)(H,23,27)/t14-,16-,17-/m0/s1. The fraction of sp³-hybridized carbons (Fsp3) is 0.524. The zero-order valence-corrected chi connectivity index (χ0v) is 18.0. The van der Waals surface area contributed by atoms with E-state index < -0.39 is 41.9 Å². The highest BCUT2D eigenvalue weighted by Gasteiger charge is 2.32. The SMILES string of the molecule is COC(=O)[C@H](C[C@H](C)C(=O)OC)NC(=O)[C@@H](NC(=O)OCc1ccccc1)C(C)C. The van der Waals surface area contributed by atoms with Gasteiger partial charge in [-0.2, -0.15) is 0 Å². The van der Waals surface area contributed by atoms with E-state index in [0.29, 0.717) is 0 Å². The molecule has 0 heterocycles. The van der Waals surface area contributed by atoms with Crippen LogP contribution in [-0.4, -0.2) is 50.2 Å². The molecule has 1 aromatic rings. The van der Waals surface area contributed by atoms with Crippen molar-refractivity contribution < 1.29 is 33.4 Å². The minimum atomic E-state index is -1.07. The van der Waals surface area contributed by atoms with Crippen LogP contribution >= 0.6 is 0 Å². The van der Waals surface area contributed by atoms with Gasteiger partial charge in [0.2, 0.25) is 5.91 Å². The second kappa shape index (κ2) is 12.5. The summed E-state index contributed by atoms with van der Waals surface area (Å²) >= 11 is 0. The van der Waals surface area contributed by atoms with Gasteiger partial charge in [-0.3, -0.25) is 9.59 Å². The van der Waals surface area contributed by atoms with Crippen molar-refractivity contribution >= 4 is 23.9 Å². The fourth-order valence-corrected chi connectivity index (χ4v) is 2.70. The highest BCUT2D eigenvalue weighted by atomic mass is 16.5. The summed E-state index contributed by atoms with van der Waals surface area (Å²) in [6.45, 7) is 5.12. The molecule has 9 nitrogen and oxygen atoms in total. The smallest absolute Gasteiger partial charge is 0.408 e. The van der Waals surface area contributed by atoms with Crippen LogP contribution in [0.3, 0.4) is 0 Å². The van der Waals surface area contributed by atoms with Gasteiger partial charge in [-0.1, -0.05) is 51.1 Å². The Morgan fingerprint density at radius 2 is 1.50 bits per heavy atom. The first-order chi connectivity index (χ1) is 14.2. The maximum atomic E-state index is 12.7. The predicted molar refractivity (Wildman–Crippen MR) is 108 cm³/mol. The topological polar surface area (TPSA) is 120 Å².